The van der Waals surface area contributed by atoms with Crippen LogP contribution in [-0.2, 0) is 25.9 Å². The number of likely N-dealkylation sites (tertiary alicyclic amines) is 1. The van der Waals surface area contributed by atoms with Gasteiger partial charge in [-0.05, 0) is 80.0 Å². The lowest BCUT2D eigenvalue weighted by Crippen LogP contribution is -2.42. The molecule has 0 spiro atoms. The van der Waals surface area contributed by atoms with Crippen LogP contribution in [0.25, 0.3) is 11.1 Å². The molecule has 8 nitrogen and oxygen atoms in total. The number of aryl methyl sites for hydroxylation is 1. The molecule has 2 fully saturated rings. The molecule has 1 aliphatic carbocycles. The van der Waals surface area contributed by atoms with E-state index in [0.29, 0.717) is 17.7 Å². The van der Waals surface area contributed by atoms with E-state index in [1.807, 2.05) is 43.3 Å². The molecule has 1 amide bonds. The number of nitrogens with zero attached hydrogens (tertiary/aromatic N) is 1. The molecule has 9 heteroatoms. The third-order valence-corrected chi connectivity index (χ3v) is 9.08. The van der Waals surface area contributed by atoms with Crippen molar-refractivity contribution in [2.24, 2.45) is 0 Å². The molecule has 1 saturated carbocycles. The van der Waals surface area contributed by atoms with Crippen molar-refractivity contribution in [1.29, 1.82) is 0 Å². The van der Waals surface area contributed by atoms with Crippen molar-refractivity contribution in [3.63, 3.8) is 0 Å². The molecule has 0 bridgehead atoms. The highest BCUT2D eigenvalue weighted by molar-refractivity contribution is 7.90. The fourth-order valence-corrected chi connectivity index (χ4v) is 6.48. The molecule has 1 aliphatic heterocycles. The molecule has 2 aromatic rings. The number of carbonyl (C=O) groups is 2. The number of hydrogen-bond acceptors (Lipinski definition) is 6. The molecule has 2 N–H and O–H groups in total. The minimum atomic E-state index is -3.37. The van der Waals surface area contributed by atoms with E-state index in [-0.39, 0.29) is 12.2 Å². The van der Waals surface area contributed by atoms with Crippen LogP contribution in [0.1, 0.15) is 72.9 Å². The summed E-state index contributed by atoms with van der Waals surface area (Å²) in [6.45, 7) is 4.47. The van der Waals surface area contributed by atoms with Crippen molar-refractivity contribution in [1.82, 2.24) is 10.2 Å². The lowest BCUT2D eigenvalue weighted by molar-refractivity contribution is -0.139. The quantitative estimate of drug-likeness (QED) is 0.384. The van der Waals surface area contributed by atoms with Crippen LogP contribution in [0.15, 0.2) is 42.5 Å². The molecule has 218 valence electrons. The van der Waals surface area contributed by atoms with E-state index < -0.39 is 27.8 Å². The fraction of sp³-hybridized carbons (Fsp3) is 0.548. The van der Waals surface area contributed by atoms with Crippen LogP contribution in [-0.4, -0.2) is 73.6 Å². The molecule has 4 rings (SSSR count). The Labute approximate surface area is 238 Å². The standard InChI is InChI=1S/C31H42N2O6S/c1-22-9-6-7-13-26(22)28-19-23(20-33-17-8-10-24(33)21-39-25-11-4-3-5-12-25)14-15-27(28)30(34)32-29(31(35)36)16-18-40(2,37)38/h6-7,9,13-15,19,24-25,29H,3-5,8,10-12,16-18,20-21H2,1-2H3,(H,32,34)(H,35,36)/t24-,29-/m0/s1. The Balaban J connectivity index is 1.53. The number of carboxylic acids is 1. The van der Waals surface area contributed by atoms with Gasteiger partial charge in [-0.2, -0.15) is 0 Å². The summed E-state index contributed by atoms with van der Waals surface area (Å²) in [5.74, 6) is -2.12. The van der Waals surface area contributed by atoms with Gasteiger partial charge < -0.3 is 15.2 Å². The predicted octanol–water partition coefficient (Wildman–Crippen LogP) is 4.59. The van der Waals surface area contributed by atoms with Crippen molar-refractivity contribution in [2.75, 3.05) is 25.2 Å². The van der Waals surface area contributed by atoms with Crippen LogP contribution < -0.4 is 5.32 Å². The molecule has 0 unspecified atom stereocenters. The summed E-state index contributed by atoms with van der Waals surface area (Å²) < 4.78 is 29.5. The highest BCUT2D eigenvalue weighted by Crippen LogP contribution is 2.30. The van der Waals surface area contributed by atoms with Crippen LogP contribution in [0.4, 0.5) is 0 Å². The summed E-state index contributed by atoms with van der Waals surface area (Å²) >= 11 is 0. The number of carboxylic acid groups (broad SMARTS) is 1. The zero-order valence-electron chi connectivity index (χ0n) is 23.6. The molecule has 2 aromatic carbocycles. The van der Waals surface area contributed by atoms with Gasteiger partial charge in [0.1, 0.15) is 15.9 Å². The van der Waals surface area contributed by atoms with Gasteiger partial charge in [-0.25, -0.2) is 13.2 Å². The predicted molar refractivity (Wildman–Crippen MR) is 156 cm³/mol. The Morgan fingerprint density at radius 3 is 2.50 bits per heavy atom. The van der Waals surface area contributed by atoms with Crippen molar-refractivity contribution < 1.29 is 27.9 Å². The number of sulfone groups is 1. The van der Waals surface area contributed by atoms with E-state index in [1.165, 1.54) is 19.3 Å². The maximum Gasteiger partial charge on any atom is 0.326 e. The Morgan fingerprint density at radius 2 is 1.80 bits per heavy atom. The van der Waals surface area contributed by atoms with Crippen molar-refractivity contribution in [3.8, 4) is 11.1 Å². The highest BCUT2D eigenvalue weighted by Gasteiger charge is 2.28. The number of rotatable bonds is 12. The van der Waals surface area contributed by atoms with E-state index in [1.54, 1.807) is 6.07 Å². The van der Waals surface area contributed by atoms with Gasteiger partial charge in [0.05, 0.1) is 18.5 Å². The number of amides is 1. The monoisotopic (exact) mass is 570 g/mol. The SMILES string of the molecule is Cc1ccccc1-c1cc(CN2CCC[C@H]2COC2CCCCC2)ccc1C(=O)N[C@@H](CCS(C)(=O)=O)C(=O)O. The summed E-state index contributed by atoms with van der Waals surface area (Å²) in [7, 11) is -3.37. The Kier molecular flexibility index (Phi) is 10.4. The van der Waals surface area contributed by atoms with Gasteiger partial charge >= 0.3 is 5.97 Å². The summed E-state index contributed by atoms with van der Waals surface area (Å²) in [4.78, 5) is 27.6. The largest absolute Gasteiger partial charge is 0.480 e. The Hall–Kier alpha value is -2.75. The fourth-order valence-electron chi connectivity index (χ4n) is 5.82. The number of ether oxygens (including phenoxy) is 1. The van der Waals surface area contributed by atoms with Gasteiger partial charge in [-0.3, -0.25) is 9.69 Å². The first-order chi connectivity index (χ1) is 19.1. The van der Waals surface area contributed by atoms with Crippen LogP contribution in [0, 0.1) is 6.92 Å². The number of nitrogens with one attached hydrogen (secondary N) is 1. The van der Waals surface area contributed by atoms with E-state index in [2.05, 4.69) is 10.2 Å². The lowest BCUT2D eigenvalue weighted by Gasteiger charge is -2.28. The number of carbonyl (C=O) groups excluding carboxylic acids is 1. The molecule has 2 aliphatic rings. The van der Waals surface area contributed by atoms with E-state index in [9.17, 15) is 23.1 Å². The smallest absolute Gasteiger partial charge is 0.326 e. The zero-order chi connectivity index (χ0) is 28.7. The summed E-state index contributed by atoms with van der Waals surface area (Å²) in [5, 5.41) is 12.2. The average molecular weight is 571 g/mol. The second-order valence-electron chi connectivity index (χ2n) is 11.3. The van der Waals surface area contributed by atoms with Gasteiger partial charge in [0.15, 0.2) is 0 Å². The molecule has 40 heavy (non-hydrogen) atoms. The molecule has 1 saturated heterocycles. The van der Waals surface area contributed by atoms with Crippen LogP contribution in [0.5, 0.6) is 0 Å². The van der Waals surface area contributed by atoms with E-state index in [4.69, 9.17) is 4.74 Å². The maximum atomic E-state index is 13.4. The number of hydrogen-bond donors (Lipinski definition) is 2. The third-order valence-electron chi connectivity index (χ3n) is 8.11. The van der Waals surface area contributed by atoms with Gasteiger partial charge in [0, 0.05) is 24.4 Å². The number of aliphatic carboxylic acids is 1. The lowest BCUT2D eigenvalue weighted by atomic mass is 9.93. The zero-order valence-corrected chi connectivity index (χ0v) is 24.4. The van der Waals surface area contributed by atoms with Crippen LogP contribution >= 0.6 is 0 Å². The summed E-state index contributed by atoms with van der Waals surface area (Å²) in [6, 6.07) is 12.6. The molecule has 0 radical (unpaired) electrons. The minimum absolute atomic E-state index is 0.197. The second kappa shape index (κ2) is 13.7. The Bertz CT molecular complexity index is 1290. The molecule has 1 heterocycles. The first-order valence-corrected chi connectivity index (χ1v) is 16.4. The van der Waals surface area contributed by atoms with Gasteiger partial charge in [0.25, 0.3) is 5.91 Å². The first kappa shape index (κ1) is 30.2. The normalized spacial score (nSPS) is 19.4. The molecule has 2 atom stereocenters. The molecule has 0 aromatic heterocycles. The number of benzene rings is 2. The third kappa shape index (κ3) is 8.38. The summed E-state index contributed by atoms with van der Waals surface area (Å²) in [5.41, 5.74) is 4.07. The van der Waals surface area contributed by atoms with Gasteiger partial charge in [-0.1, -0.05) is 49.6 Å². The maximum absolute atomic E-state index is 13.4. The van der Waals surface area contributed by atoms with Crippen LogP contribution in [0.3, 0.4) is 0 Å². The van der Waals surface area contributed by atoms with Crippen molar-refractivity contribution in [2.45, 2.75) is 83.0 Å². The highest BCUT2D eigenvalue weighted by atomic mass is 32.2. The van der Waals surface area contributed by atoms with E-state index >= 15 is 0 Å². The topological polar surface area (TPSA) is 113 Å². The van der Waals surface area contributed by atoms with E-state index in [0.717, 1.165) is 73.9 Å². The van der Waals surface area contributed by atoms with Crippen molar-refractivity contribution >= 4 is 21.7 Å². The average Bonchev–Trinajstić information content (AvgIpc) is 3.36. The van der Waals surface area contributed by atoms with Gasteiger partial charge in [0.2, 0.25) is 0 Å². The second-order valence-corrected chi connectivity index (χ2v) is 13.6. The van der Waals surface area contributed by atoms with Gasteiger partial charge in [-0.15, -0.1) is 0 Å². The molecular weight excluding hydrogens is 528 g/mol. The Morgan fingerprint density at radius 1 is 1.05 bits per heavy atom. The first-order valence-electron chi connectivity index (χ1n) is 14.4. The summed E-state index contributed by atoms with van der Waals surface area (Å²) in [6.07, 6.45) is 9.62. The molecular formula is C31H42N2O6S. The minimum Gasteiger partial charge on any atom is -0.480 e. The van der Waals surface area contributed by atoms with Crippen molar-refractivity contribution in [3.05, 3.63) is 59.2 Å². The van der Waals surface area contributed by atoms with Crippen LogP contribution in [0.2, 0.25) is 0 Å².